The Balaban J connectivity index is 1.71. The number of ether oxygens (including phenoxy) is 1. The monoisotopic (exact) mass is 325 g/mol. The van der Waals surface area contributed by atoms with Crippen LogP contribution in [0.15, 0.2) is 39.5 Å². The van der Waals surface area contributed by atoms with E-state index in [4.69, 9.17) is 4.74 Å². The van der Waals surface area contributed by atoms with Crippen LogP contribution in [0.5, 0.6) is 5.75 Å². The lowest BCUT2D eigenvalue weighted by molar-refractivity contribution is 0.414. The molecule has 18 heavy (non-hydrogen) atoms. The van der Waals surface area contributed by atoms with Crippen molar-refractivity contribution >= 4 is 27.3 Å². The van der Waals surface area contributed by atoms with Crippen molar-refractivity contribution in [2.45, 2.75) is 13.0 Å². The summed E-state index contributed by atoms with van der Waals surface area (Å²) >= 11 is 5.20. The van der Waals surface area contributed by atoms with Crippen LogP contribution in [0.3, 0.4) is 0 Å². The molecule has 2 nitrogen and oxygen atoms in total. The molecule has 0 aliphatic carbocycles. The number of hydrogen-bond acceptors (Lipinski definition) is 3. The van der Waals surface area contributed by atoms with Crippen LogP contribution in [-0.4, -0.2) is 13.7 Å². The molecule has 0 atom stereocenters. The van der Waals surface area contributed by atoms with Crippen molar-refractivity contribution < 1.29 is 4.74 Å². The third-order valence-corrected chi connectivity index (χ3v) is 4.25. The van der Waals surface area contributed by atoms with E-state index in [1.165, 1.54) is 14.9 Å². The Morgan fingerprint density at radius 3 is 2.61 bits per heavy atom. The zero-order valence-corrected chi connectivity index (χ0v) is 12.7. The molecule has 0 amide bonds. The van der Waals surface area contributed by atoms with Crippen LogP contribution < -0.4 is 10.1 Å². The maximum atomic E-state index is 5.14. The first-order valence-corrected chi connectivity index (χ1v) is 7.52. The summed E-state index contributed by atoms with van der Waals surface area (Å²) in [7, 11) is 1.69. The van der Waals surface area contributed by atoms with Crippen molar-refractivity contribution in [1.29, 1.82) is 0 Å². The summed E-state index contributed by atoms with van der Waals surface area (Å²) < 4.78 is 6.33. The number of hydrogen-bond donors (Lipinski definition) is 1. The molecular weight excluding hydrogens is 310 g/mol. The Hall–Kier alpha value is -0.840. The lowest BCUT2D eigenvalue weighted by atomic mass is 10.1. The molecule has 1 aromatic carbocycles. The summed E-state index contributed by atoms with van der Waals surface area (Å²) in [4.78, 5) is 0. The summed E-state index contributed by atoms with van der Waals surface area (Å²) in [6.07, 6.45) is 1.04. The van der Waals surface area contributed by atoms with E-state index in [9.17, 15) is 0 Å². The normalized spacial score (nSPS) is 10.6. The minimum absolute atomic E-state index is 0.912. The molecule has 0 fully saturated rings. The Kier molecular flexibility index (Phi) is 5.23. The number of halogens is 1. The molecule has 2 rings (SSSR count). The summed E-state index contributed by atoms with van der Waals surface area (Å²) in [5.41, 5.74) is 2.66. The largest absolute Gasteiger partial charge is 0.497 e. The quantitative estimate of drug-likeness (QED) is 0.814. The molecule has 0 aliphatic heterocycles. The van der Waals surface area contributed by atoms with Crippen LogP contribution >= 0.6 is 27.3 Å². The van der Waals surface area contributed by atoms with E-state index in [1.54, 1.807) is 18.4 Å². The number of thiophene rings is 1. The van der Waals surface area contributed by atoms with Crippen LogP contribution in [0.1, 0.15) is 11.1 Å². The Morgan fingerprint density at radius 1 is 1.22 bits per heavy atom. The molecule has 0 aliphatic rings. The Labute approximate surface area is 120 Å². The van der Waals surface area contributed by atoms with E-state index in [2.05, 4.69) is 44.8 Å². The van der Waals surface area contributed by atoms with Gasteiger partial charge in [0, 0.05) is 6.54 Å². The highest BCUT2D eigenvalue weighted by molar-refractivity contribution is 9.11. The van der Waals surface area contributed by atoms with Crippen LogP contribution in [-0.2, 0) is 13.0 Å². The van der Waals surface area contributed by atoms with E-state index in [1.807, 2.05) is 12.1 Å². The maximum Gasteiger partial charge on any atom is 0.118 e. The molecule has 0 bridgehead atoms. The van der Waals surface area contributed by atoms with Crippen LogP contribution in [0.25, 0.3) is 0 Å². The first-order chi connectivity index (χ1) is 8.78. The first kappa shape index (κ1) is 13.6. The fourth-order valence-electron chi connectivity index (χ4n) is 1.70. The maximum absolute atomic E-state index is 5.14. The standard InChI is InChI=1S/C14H16BrNOS/c1-17-13-4-2-11(3-5-13)6-7-16-9-12-8-14(15)18-10-12/h2-5,8,10,16H,6-7,9H2,1H3. The van der Waals surface area contributed by atoms with E-state index in [0.29, 0.717) is 0 Å². The molecule has 96 valence electrons. The van der Waals surface area contributed by atoms with E-state index < -0.39 is 0 Å². The topological polar surface area (TPSA) is 21.3 Å². The van der Waals surface area contributed by atoms with E-state index in [0.717, 1.165) is 25.3 Å². The minimum atomic E-state index is 0.912. The number of nitrogens with one attached hydrogen (secondary N) is 1. The summed E-state index contributed by atoms with van der Waals surface area (Å²) in [6.45, 7) is 1.91. The Bertz CT molecular complexity index is 481. The number of rotatable bonds is 6. The average Bonchev–Trinajstić information content (AvgIpc) is 2.81. The lowest BCUT2D eigenvalue weighted by Gasteiger charge is -2.05. The molecule has 4 heteroatoms. The fourth-order valence-corrected chi connectivity index (χ4v) is 2.91. The predicted molar refractivity (Wildman–Crippen MR) is 80.4 cm³/mol. The van der Waals surface area contributed by atoms with Crippen molar-refractivity contribution in [2.24, 2.45) is 0 Å². The van der Waals surface area contributed by atoms with E-state index >= 15 is 0 Å². The van der Waals surface area contributed by atoms with E-state index in [-0.39, 0.29) is 0 Å². The van der Waals surface area contributed by atoms with Crippen molar-refractivity contribution in [3.05, 3.63) is 50.6 Å². The zero-order valence-electron chi connectivity index (χ0n) is 10.3. The van der Waals surface area contributed by atoms with Gasteiger partial charge in [-0.2, -0.15) is 0 Å². The summed E-state index contributed by atoms with van der Waals surface area (Å²) in [5.74, 6) is 0.912. The van der Waals surface area contributed by atoms with Gasteiger partial charge in [-0.25, -0.2) is 0 Å². The molecule has 0 radical (unpaired) electrons. The van der Waals surface area contributed by atoms with Crippen molar-refractivity contribution in [3.63, 3.8) is 0 Å². The van der Waals surface area contributed by atoms with Crippen molar-refractivity contribution in [1.82, 2.24) is 5.32 Å². The molecule has 1 heterocycles. The molecule has 0 unspecified atom stereocenters. The van der Waals surface area contributed by atoms with Crippen LogP contribution in [0.4, 0.5) is 0 Å². The van der Waals surface area contributed by atoms with Gasteiger partial charge < -0.3 is 10.1 Å². The molecule has 0 saturated carbocycles. The second kappa shape index (κ2) is 6.92. The highest BCUT2D eigenvalue weighted by atomic mass is 79.9. The highest BCUT2D eigenvalue weighted by Gasteiger charge is 1.97. The van der Waals surface area contributed by atoms with Gasteiger partial charge in [0.25, 0.3) is 0 Å². The van der Waals surface area contributed by atoms with Crippen LogP contribution in [0.2, 0.25) is 0 Å². The number of benzene rings is 1. The summed E-state index contributed by atoms with van der Waals surface area (Å²) in [5, 5.41) is 5.62. The summed E-state index contributed by atoms with van der Waals surface area (Å²) in [6, 6.07) is 10.4. The third-order valence-electron chi connectivity index (χ3n) is 2.70. The highest BCUT2D eigenvalue weighted by Crippen LogP contribution is 2.20. The molecule has 0 spiro atoms. The van der Waals surface area contributed by atoms with Crippen molar-refractivity contribution in [2.75, 3.05) is 13.7 Å². The molecular formula is C14H16BrNOS. The van der Waals surface area contributed by atoms with Gasteiger partial charge in [-0.05, 0) is 63.6 Å². The van der Waals surface area contributed by atoms with Gasteiger partial charge in [0.1, 0.15) is 5.75 Å². The fraction of sp³-hybridized carbons (Fsp3) is 0.286. The Morgan fingerprint density at radius 2 is 2.00 bits per heavy atom. The predicted octanol–water partition coefficient (Wildman–Crippen LogP) is 3.85. The lowest BCUT2D eigenvalue weighted by Crippen LogP contribution is -2.16. The van der Waals surface area contributed by atoms with Crippen LogP contribution in [0, 0.1) is 0 Å². The minimum Gasteiger partial charge on any atom is -0.497 e. The van der Waals surface area contributed by atoms with Gasteiger partial charge in [0.2, 0.25) is 0 Å². The van der Waals surface area contributed by atoms with Crippen molar-refractivity contribution in [3.8, 4) is 5.75 Å². The van der Waals surface area contributed by atoms with Gasteiger partial charge >= 0.3 is 0 Å². The van der Waals surface area contributed by atoms with Gasteiger partial charge in [0.05, 0.1) is 10.9 Å². The zero-order chi connectivity index (χ0) is 12.8. The second-order valence-corrected chi connectivity index (χ2v) is 6.32. The molecule has 1 aromatic heterocycles. The van der Waals surface area contributed by atoms with Gasteiger partial charge in [-0.1, -0.05) is 12.1 Å². The van der Waals surface area contributed by atoms with Gasteiger partial charge in [-0.3, -0.25) is 0 Å². The molecule has 0 saturated heterocycles. The van der Waals surface area contributed by atoms with Gasteiger partial charge in [0.15, 0.2) is 0 Å². The third kappa shape index (κ3) is 4.12. The smallest absolute Gasteiger partial charge is 0.118 e. The SMILES string of the molecule is COc1ccc(CCNCc2csc(Br)c2)cc1. The average molecular weight is 326 g/mol. The molecule has 2 aromatic rings. The van der Waals surface area contributed by atoms with Gasteiger partial charge in [-0.15, -0.1) is 11.3 Å². The number of methoxy groups -OCH3 is 1. The molecule has 1 N–H and O–H groups in total. The second-order valence-electron chi connectivity index (χ2n) is 4.03. The first-order valence-electron chi connectivity index (χ1n) is 5.84.